The van der Waals surface area contributed by atoms with Crippen LogP contribution in [0.4, 0.5) is 19.0 Å². The van der Waals surface area contributed by atoms with Crippen molar-refractivity contribution >= 4 is 11.7 Å². The molecule has 0 radical (unpaired) electrons. The maximum Gasteiger partial charge on any atom is 0.412 e. The third-order valence-corrected chi connectivity index (χ3v) is 2.69. The molecule has 98 valence electrons. The zero-order valence-corrected chi connectivity index (χ0v) is 9.29. The van der Waals surface area contributed by atoms with E-state index >= 15 is 0 Å². The fraction of sp³-hybridized carbons (Fsp3) is 0.400. The van der Waals surface area contributed by atoms with E-state index in [1.54, 1.807) is 0 Å². The lowest BCUT2D eigenvalue weighted by Gasteiger charge is -2.26. The molecule has 2 rings (SSSR count). The Balaban J connectivity index is 2.06. The summed E-state index contributed by atoms with van der Waals surface area (Å²) in [4.78, 5) is 13.2. The Bertz CT molecular complexity index is 492. The number of hydrogen-bond donors (Lipinski definition) is 2. The van der Waals surface area contributed by atoms with Crippen LogP contribution in [-0.4, -0.2) is 40.3 Å². The molecule has 8 heteroatoms. The minimum atomic E-state index is -4.31. The van der Waals surface area contributed by atoms with Crippen molar-refractivity contribution in [2.24, 2.45) is 0 Å². The van der Waals surface area contributed by atoms with Crippen molar-refractivity contribution in [3.05, 3.63) is 23.4 Å². The first kappa shape index (κ1) is 12.5. The Morgan fingerprint density at radius 3 is 2.67 bits per heavy atom. The fourth-order valence-corrected chi connectivity index (χ4v) is 1.73. The smallest absolute Gasteiger partial charge is 0.382 e. The summed E-state index contributed by atoms with van der Waals surface area (Å²) in [6.45, 7) is -0.0320. The van der Waals surface area contributed by atoms with Crippen molar-refractivity contribution in [3.8, 4) is 0 Å². The molecule has 18 heavy (non-hydrogen) atoms. The maximum absolute atomic E-state index is 12.4. The molecule has 0 bridgehead atoms. The number of nitrogens with zero attached hydrogens (tertiary/aromatic N) is 2. The van der Waals surface area contributed by atoms with Crippen molar-refractivity contribution in [2.75, 3.05) is 18.8 Å². The number of carbonyl (C=O) groups is 1. The molecule has 0 aromatic carbocycles. The lowest BCUT2D eigenvalue weighted by atomic mass is 10.1. The number of nitrogens with one attached hydrogen (secondary N) is 1. The van der Waals surface area contributed by atoms with Crippen LogP contribution in [0.5, 0.6) is 0 Å². The molecule has 0 unspecified atom stereocenters. The van der Waals surface area contributed by atoms with E-state index < -0.39 is 17.7 Å². The average molecular weight is 260 g/mol. The summed E-state index contributed by atoms with van der Waals surface area (Å²) in [5, 5.41) is 6.03. The predicted octanol–water partition coefficient (Wildman–Crippen LogP) is 1.33. The molecule has 0 saturated heterocycles. The second kappa shape index (κ2) is 4.35. The number of aromatic amines is 1. The number of anilines is 1. The molecule has 0 aliphatic carbocycles. The summed E-state index contributed by atoms with van der Waals surface area (Å²) >= 11 is 0. The standard InChI is InChI=1S/C10H11F3N4O/c11-10(12,13)6-1-3-17(4-2-6)9(18)7-5-8(14)16-15-7/h1,5H,2-4H2,(H3,14,15,16). The van der Waals surface area contributed by atoms with Crippen molar-refractivity contribution < 1.29 is 18.0 Å². The highest BCUT2D eigenvalue weighted by molar-refractivity contribution is 5.93. The van der Waals surface area contributed by atoms with E-state index in [9.17, 15) is 18.0 Å². The summed E-state index contributed by atoms with van der Waals surface area (Å²) in [6, 6.07) is 1.35. The molecule has 1 aromatic heterocycles. The summed E-state index contributed by atoms with van der Waals surface area (Å²) in [6.07, 6.45) is -3.48. The van der Waals surface area contributed by atoms with E-state index in [0.717, 1.165) is 6.08 Å². The third kappa shape index (κ3) is 2.47. The van der Waals surface area contributed by atoms with Gasteiger partial charge in [0.2, 0.25) is 0 Å². The summed E-state index contributed by atoms with van der Waals surface area (Å²) in [7, 11) is 0. The molecule has 3 N–H and O–H groups in total. The van der Waals surface area contributed by atoms with E-state index in [1.165, 1.54) is 11.0 Å². The molecule has 5 nitrogen and oxygen atoms in total. The van der Waals surface area contributed by atoms with E-state index in [2.05, 4.69) is 10.2 Å². The zero-order chi connectivity index (χ0) is 13.3. The highest BCUT2D eigenvalue weighted by Gasteiger charge is 2.35. The van der Waals surface area contributed by atoms with Gasteiger partial charge in [-0.05, 0) is 6.42 Å². The molecule has 2 heterocycles. The Morgan fingerprint density at radius 2 is 2.22 bits per heavy atom. The summed E-state index contributed by atoms with van der Waals surface area (Å²) in [5.74, 6) is -0.237. The van der Waals surface area contributed by atoms with Crippen LogP contribution in [0.1, 0.15) is 16.9 Å². The van der Waals surface area contributed by atoms with Gasteiger partial charge in [-0.3, -0.25) is 9.89 Å². The van der Waals surface area contributed by atoms with Gasteiger partial charge in [-0.15, -0.1) is 0 Å². The largest absolute Gasteiger partial charge is 0.412 e. The average Bonchev–Trinajstić information content (AvgIpc) is 2.74. The van der Waals surface area contributed by atoms with Gasteiger partial charge in [0.05, 0.1) is 0 Å². The first-order chi connectivity index (χ1) is 8.38. The quantitative estimate of drug-likeness (QED) is 0.748. The first-order valence-electron chi connectivity index (χ1n) is 5.24. The Labute approximate surface area is 100 Å². The van der Waals surface area contributed by atoms with E-state index in [4.69, 9.17) is 5.73 Å². The van der Waals surface area contributed by atoms with Crippen molar-refractivity contribution in [1.29, 1.82) is 0 Å². The highest BCUT2D eigenvalue weighted by Crippen LogP contribution is 2.30. The van der Waals surface area contributed by atoms with Gasteiger partial charge in [-0.25, -0.2) is 0 Å². The Morgan fingerprint density at radius 1 is 1.50 bits per heavy atom. The molecule has 1 aliphatic heterocycles. The van der Waals surface area contributed by atoms with Gasteiger partial charge < -0.3 is 10.6 Å². The molecule has 0 atom stereocenters. The van der Waals surface area contributed by atoms with Gasteiger partial charge in [-0.2, -0.15) is 18.3 Å². The monoisotopic (exact) mass is 260 g/mol. The molecule has 1 aromatic rings. The number of nitrogen functional groups attached to an aromatic ring is 1. The number of hydrogen-bond acceptors (Lipinski definition) is 3. The van der Waals surface area contributed by atoms with Crippen LogP contribution in [0, 0.1) is 0 Å². The van der Waals surface area contributed by atoms with E-state index in [1.807, 2.05) is 0 Å². The van der Waals surface area contributed by atoms with Crippen molar-refractivity contribution in [2.45, 2.75) is 12.6 Å². The molecule has 0 fully saturated rings. The topological polar surface area (TPSA) is 75.0 Å². The van der Waals surface area contributed by atoms with Crippen LogP contribution in [0.2, 0.25) is 0 Å². The number of rotatable bonds is 1. The number of carbonyl (C=O) groups excluding carboxylic acids is 1. The second-order valence-electron chi connectivity index (χ2n) is 3.93. The van der Waals surface area contributed by atoms with Gasteiger partial charge in [0.1, 0.15) is 11.5 Å². The van der Waals surface area contributed by atoms with Crippen LogP contribution < -0.4 is 5.73 Å². The van der Waals surface area contributed by atoms with Crippen molar-refractivity contribution in [3.63, 3.8) is 0 Å². The van der Waals surface area contributed by atoms with Crippen LogP contribution in [0.25, 0.3) is 0 Å². The van der Waals surface area contributed by atoms with Crippen LogP contribution in [-0.2, 0) is 0 Å². The summed E-state index contributed by atoms with van der Waals surface area (Å²) < 4.78 is 37.2. The number of H-pyrrole nitrogens is 1. The zero-order valence-electron chi connectivity index (χ0n) is 9.29. The molecule has 0 spiro atoms. The Kier molecular flexibility index (Phi) is 3.02. The number of alkyl halides is 3. The molecule has 0 saturated carbocycles. The van der Waals surface area contributed by atoms with E-state index in [0.29, 0.717) is 0 Å². The highest BCUT2D eigenvalue weighted by atomic mass is 19.4. The van der Waals surface area contributed by atoms with Gasteiger partial charge in [0.15, 0.2) is 0 Å². The van der Waals surface area contributed by atoms with Crippen LogP contribution in [0.3, 0.4) is 0 Å². The maximum atomic E-state index is 12.4. The third-order valence-electron chi connectivity index (χ3n) is 2.69. The van der Waals surface area contributed by atoms with Gasteiger partial charge in [0, 0.05) is 24.7 Å². The normalized spacial score (nSPS) is 16.6. The predicted molar refractivity (Wildman–Crippen MR) is 57.7 cm³/mol. The molecular formula is C10H11F3N4O. The van der Waals surface area contributed by atoms with Gasteiger partial charge >= 0.3 is 6.18 Å². The van der Waals surface area contributed by atoms with E-state index in [-0.39, 0.29) is 31.0 Å². The second-order valence-corrected chi connectivity index (χ2v) is 3.93. The van der Waals surface area contributed by atoms with Gasteiger partial charge in [-0.1, -0.05) is 6.08 Å². The lowest BCUT2D eigenvalue weighted by molar-refractivity contribution is -0.0957. The number of amides is 1. The van der Waals surface area contributed by atoms with Crippen molar-refractivity contribution in [1.82, 2.24) is 15.1 Å². The SMILES string of the molecule is Nc1cc(C(=O)N2CC=C(C(F)(F)F)CC2)[nH]n1. The minimum absolute atomic E-state index is 0.0309. The Hall–Kier alpha value is -1.99. The first-order valence-corrected chi connectivity index (χ1v) is 5.24. The van der Waals surface area contributed by atoms with Gasteiger partial charge in [0.25, 0.3) is 5.91 Å². The minimum Gasteiger partial charge on any atom is -0.382 e. The molecule has 1 aliphatic rings. The summed E-state index contributed by atoms with van der Waals surface area (Å²) in [5.41, 5.74) is 4.94. The molecular weight excluding hydrogens is 249 g/mol. The lowest BCUT2D eigenvalue weighted by Crippen LogP contribution is -2.37. The van der Waals surface area contributed by atoms with Crippen LogP contribution >= 0.6 is 0 Å². The number of halogens is 3. The number of nitrogens with two attached hydrogens (primary N) is 1. The van der Waals surface area contributed by atoms with Crippen LogP contribution in [0.15, 0.2) is 17.7 Å². The number of aromatic nitrogens is 2. The fourth-order valence-electron chi connectivity index (χ4n) is 1.73. The molecule has 1 amide bonds.